The Kier molecular flexibility index (Phi) is 6.35. The molecule has 1 N–H and O–H groups in total. The molecule has 0 aliphatic heterocycles. The first-order valence-electron chi connectivity index (χ1n) is 7.06. The van der Waals surface area contributed by atoms with E-state index in [9.17, 15) is 0 Å². The zero-order valence-electron chi connectivity index (χ0n) is 12.2. The van der Waals surface area contributed by atoms with Gasteiger partial charge in [0.1, 0.15) is 5.82 Å². The van der Waals surface area contributed by atoms with E-state index in [1.807, 2.05) is 6.07 Å². The van der Waals surface area contributed by atoms with Gasteiger partial charge in [-0.15, -0.1) is 0 Å². The zero-order chi connectivity index (χ0) is 15.2. The molecule has 2 rings (SSSR count). The van der Waals surface area contributed by atoms with Gasteiger partial charge in [0.15, 0.2) is 5.82 Å². The lowest BCUT2D eigenvalue weighted by molar-refractivity contribution is 0.863. The Hall–Kier alpha value is -0.760. The lowest BCUT2D eigenvalue weighted by Crippen LogP contribution is -2.09. The van der Waals surface area contributed by atoms with Crippen LogP contribution in [0.1, 0.15) is 32.4 Å². The molecular weight excluding hydrogens is 443 g/mol. The fourth-order valence-corrected chi connectivity index (χ4v) is 2.99. The van der Waals surface area contributed by atoms with Gasteiger partial charge in [-0.1, -0.05) is 20.3 Å². The maximum atomic E-state index is 4.72. The number of anilines is 1. The summed E-state index contributed by atoms with van der Waals surface area (Å²) >= 11 is 5.78. The predicted molar refractivity (Wildman–Crippen MR) is 98.5 cm³/mol. The van der Waals surface area contributed by atoms with E-state index in [4.69, 9.17) is 4.98 Å². The molecule has 4 nitrogen and oxygen atoms in total. The van der Waals surface area contributed by atoms with E-state index in [1.165, 1.54) is 0 Å². The summed E-state index contributed by atoms with van der Waals surface area (Å²) in [7, 11) is 0. The van der Waals surface area contributed by atoms with Crippen molar-refractivity contribution in [1.82, 2.24) is 15.0 Å². The largest absolute Gasteiger partial charge is 0.369 e. The number of hydrogen-bond donors (Lipinski definition) is 1. The standard InChI is InChI=1S/C15H18BrIN4/c1-3-5-12-13(17)15(19-6-4-2)21-14(20-12)10-7-11(16)9-18-8-10/h7-9H,3-6H2,1-2H3,(H,19,20,21). The summed E-state index contributed by atoms with van der Waals surface area (Å²) in [4.78, 5) is 13.6. The summed E-state index contributed by atoms with van der Waals surface area (Å²) in [5.41, 5.74) is 2.03. The molecule has 6 heteroatoms. The quantitative estimate of drug-likeness (QED) is 0.636. The van der Waals surface area contributed by atoms with Gasteiger partial charge in [0.2, 0.25) is 0 Å². The van der Waals surface area contributed by atoms with Crippen molar-refractivity contribution < 1.29 is 0 Å². The normalized spacial score (nSPS) is 10.7. The smallest absolute Gasteiger partial charge is 0.163 e. The zero-order valence-corrected chi connectivity index (χ0v) is 15.9. The molecule has 0 bridgehead atoms. The highest BCUT2D eigenvalue weighted by molar-refractivity contribution is 14.1. The Morgan fingerprint density at radius 3 is 2.67 bits per heavy atom. The molecule has 0 aliphatic carbocycles. The van der Waals surface area contributed by atoms with Crippen LogP contribution in [0.5, 0.6) is 0 Å². The van der Waals surface area contributed by atoms with Gasteiger partial charge in [-0.3, -0.25) is 4.98 Å². The molecule has 21 heavy (non-hydrogen) atoms. The molecule has 0 saturated carbocycles. The van der Waals surface area contributed by atoms with E-state index in [2.05, 4.69) is 67.7 Å². The number of aromatic nitrogens is 3. The average molecular weight is 461 g/mol. The molecule has 0 aromatic carbocycles. The van der Waals surface area contributed by atoms with Gasteiger partial charge in [-0.05, 0) is 57.4 Å². The van der Waals surface area contributed by atoms with Crippen LogP contribution in [0.4, 0.5) is 5.82 Å². The van der Waals surface area contributed by atoms with Crippen molar-refractivity contribution in [2.45, 2.75) is 33.1 Å². The topological polar surface area (TPSA) is 50.7 Å². The lowest BCUT2D eigenvalue weighted by Gasteiger charge is -2.12. The minimum Gasteiger partial charge on any atom is -0.369 e. The van der Waals surface area contributed by atoms with Crippen LogP contribution in [-0.2, 0) is 6.42 Å². The van der Waals surface area contributed by atoms with Gasteiger partial charge in [0, 0.05) is 29.0 Å². The summed E-state index contributed by atoms with van der Waals surface area (Å²) in [6, 6.07) is 1.99. The molecule has 2 aromatic heterocycles. The molecule has 0 fully saturated rings. The number of rotatable bonds is 6. The Balaban J connectivity index is 2.47. The summed E-state index contributed by atoms with van der Waals surface area (Å²) < 4.78 is 2.05. The van der Waals surface area contributed by atoms with Crippen LogP contribution < -0.4 is 5.32 Å². The molecular formula is C15H18BrIN4. The number of aryl methyl sites for hydroxylation is 1. The monoisotopic (exact) mass is 460 g/mol. The van der Waals surface area contributed by atoms with Gasteiger partial charge < -0.3 is 5.32 Å². The Morgan fingerprint density at radius 2 is 2.00 bits per heavy atom. The summed E-state index contributed by atoms with van der Waals surface area (Å²) in [5.74, 6) is 1.65. The van der Waals surface area contributed by atoms with Gasteiger partial charge in [0.25, 0.3) is 0 Å². The van der Waals surface area contributed by atoms with Crippen molar-refractivity contribution in [2.75, 3.05) is 11.9 Å². The van der Waals surface area contributed by atoms with Crippen molar-refractivity contribution in [2.24, 2.45) is 0 Å². The van der Waals surface area contributed by atoms with E-state index in [0.29, 0.717) is 0 Å². The van der Waals surface area contributed by atoms with Crippen molar-refractivity contribution in [1.29, 1.82) is 0 Å². The minimum atomic E-state index is 0.728. The van der Waals surface area contributed by atoms with Crippen LogP contribution in [0.2, 0.25) is 0 Å². The van der Waals surface area contributed by atoms with Gasteiger partial charge in [-0.25, -0.2) is 9.97 Å². The van der Waals surface area contributed by atoms with Crippen LogP contribution in [0.3, 0.4) is 0 Å². The molecule has 0 amide bonds. The van der Waals surface area contributed by atoms with Crippen LogP contribution in [0.25, 0.3) is 11.4 Å². The molecule has 112 valence electrons. The summed E-state index contributed by atoms with van der Waals surface area (Å²) in [6.07, 6.45) is 6.65. The molecule has 0 spiro atoms. The fourth-order valence-electron chi connectivity index (χ4n) is 1.92. The van der Waals surface area contributed by atoms with Crippen molar-refractivity contribution in [3.63, 3.8) is 0 Å². The number of halogens is 2. The predicted octanol–water partition coefficient (Wildman–Crippen LogP) is 4.68. The first kappa shape index (κ1) is 16.6. The van der Waals surface area contributed by atoms with Crippen LogP contribution >= 0.6 is 38.5 Å². The second-order valence-corrected chi connectivity index (χ2v) is 6.72. The first-order chi connectivity index (χ1) is 10.2. The fraction of sp³-hybridized carbons (Fsp3) is 0.400. The van der Waals surface area contributed by atoms with Gasteiger partial charge in [-0.2, -0.15) is 0 Å². The number of hydrogen-bond acceptors (Lipinski definition) is 4. The summed E-state index contributed by atoms with van der Waals surface area (Å²) in [6.45, 7) is 5.22. The third-order valence-corrected chi connectivity index (χ3v) is 4.48. The first-order valence-corrected chi connectivity index (χ1v) is 8.94. The van der Waals surface area contributed by atoms with E-state index >= 15 is 0 Å². The molecule has 0 radical (unpaired) electrons. The number of nitrogens with one attached hydrogen (secondary N) is 1. The number of nitrogens with zero attached hydrogens (tertiary/aromatic N) is 3. The van der Waals surface area contributed by atoms with E-state index in [0.717, 1.165) is 56.7 Å². The van der Waals surface area contributed by atoms with E-state index in [-0.39, 0.29) is 0 Å². The van der Waals surface area contributed by atoms with Crippen molar-refractivity contribution in [3.05, 3.63) is 32.2 Å². The van der Waals surface area contributed by atoms with Gasteiger partial charge in [0.05, 0.1) is 9.26 Å². The third kappa shape index (κ3) is 4.35. The molecule has 2 heterocycles. The SMILES string of the molecule is CCCNc1nc(-c2cncc(Br)c2)nc(CCC)c1I. The van der Waals surface area contributed by atoms with Crippen molar-refractivity contribution >= 4 is 44.3 Å². The second kappa shape index (κ2) is 8.03. The third-order valence-electron chi connectivity index (χ3n) is 2.91. The highest BCUT2D eigenvalue weighted by Gasteiger charge is 2.13. The highest BCUT2D eigenvalue weighted by Crippen LogP contribution is 2.26. The highest BCUT2D eigenvalue weighted by atomic mass is 127. The molecule has 2 aromatic rings. The van der Waals surface area contributed by atoms with E-state index < -0.39 is 0 Å². The average Bonchev–Trinajstić information content (AvgIpc) is 2.48. The molecule has 0 unspecified atom stereocenters. The lowest BCUT2D eigenvalue weighted by atomic mass is 10.2. The maximum absolute atomic E-state index is 4.72. The minimum absolute atomic E-state index is 0.728. The van der Waals surface area contributed by atoms with Crippen LogP contribution in [0, 0.1) is 3.57 Å². The second-order valence-electron chi connectivity index (χ2n) is 4.73. The number of pyridine rings is 1. The maximum Gasteiger partial charge on any atom is 0.163 e. The Morgan fingerprint density at radius 1 is 1.19 bits per heavy atom. The van der Waals surface area contributed by atoms with Crippen molar-refractivity contribution in [3.8, 4) is 11.4 Å². The molecule has 0 aliphatic rings. The Labute approximate surface area is 147 Å². The van der Waals surface area contributed by atoms with Crippen LogP contribution in [0.15, 0.2) is 22.9 Å². The van der Waals surface area contributed by atoms with Crippen LogP contribution in [-0.4, -0.2) is 21.5 Å². The Bertz CT molecular complexity index is 619. The molecule has 0 saturated heterocycles. The van der Waals surface area contributed by atoms with Gasteiger partial charge >= 0.3 is 0 Å². The van der Waals surface area contributed by atoms with E-state index in [1.54, 1.807) is 12.4 Å². The summed E-state index contributed by atoms with van der Waals surface area (Å²) in [5, 5.41) is 3.40. The molecule has 0 atom stereocenters.